The first kappa shape index (κ1) is 15.2. The number of aliphatic hydroxyl groups is 1. The van der Waals surface area contributed by atoms with Gasteiger partial charge in [0.05, 0.1) is 12.6 Å². The average Bonchev–Trinajstić information content (AvgIpc) is 2.30. The van der Waals surface area contributed by atoms with Crippen LogP contribution < -0.4 is 5.32 Å². The number of likely N-dealkylation sites (N-methyl/N-ethyl adjacent to an activating group) is 1. The highest BCUT2D eigenvalue weighted by atomic mass is 16.3. The summed E-state index contributed by atoms with van der Waals surface area (Å²) in [4.78, 5) is 2.13. The molecule has 1 unspecified atom stereocenters. The number of hydrogen-bond donors (Lipinski definition) is 2. The second-order valence-corrected chi connectivity index (χ2v) is 5.29. The van der Waals surface area contributed by atoms with Crippen molar-refractivity contribution in [2.75, 3.05) is 33.8 Å². The topological polar surface area (TPSA) is 35.5 Å². The highest BCUT2D eigenvalue weighted by molar-refractivity contribution is 5.38. The minimum absolute atomic E-state index is 0.0317. The van der Waals surface area contributed by atoms with Crippen molar-refractivity contribution in [3.8, 4) is 0 Å². The van der Waals surface area contributed by atoms with Crippen LogP contribution in [0.25, 0.3) is 0 Å². The van der Waals surface area contributed by atoms with Gasteiger partial charge >= 0.3 is 0 Å². The molecule has 1 atom stereocenters. The third-order valence-corrected chi connectivity index (χ3v) is 3.39. The SMILES string of the molecule is Cc1cc(C)c(C(CO)NCCN(C)C)cc1C. The summed E-state index contributed by atoms with van der Waals surface area (Å²) in [6.07, 6.45) is 0. The Kier molecular flexibility index (Phi) is 5.79. The fraction of sp³-hybridized carbons (Fsp3) is 0.600. The summed E-state index contributed by atoms with van der Waals surface area (Å²) in [6, 6.07) is 4.42. The lowest BCUT2D eigenvalue weighted by molar-refractivity contribution is 0.240. The molecule has 0 aliphatic heterocycles. The van der Waals surface area contributed by atoms with Gasteiger partial charge in [-0.25, -0.2) is 0 Å². The van der Waals surface area contributed by atoms with E-state index in [9.17, 15) is 5.11 Å². The number of hydrogen-bond acceptors (Lipinski definition) is 3. The van der Waals surface area contributed by atoms with Crippen LogP contribution in [0.1, 0.15) is 28.3 Å². The summed E-state index contributed by atoms with van der Waals surface area (Å²) in [6.45, 7) is 8.34. The molecule has 0 fully saturated rings. The van der Waals surface area contributed by atoms with Crippen molar-refractivity contribution in [1.82, 2.24) is 10.2 Å². The first-order chi connectivity index (χ1) is 8.45. The van der Waals surface area contributed by atoms with Gasteiger partial charge in [0.15, 0.2) is 0 Å². The molecule has 3 nitrogen and oxygen atoms in total. The van der Waals surface area contributed by atoms with Crippen molar-refractivity contribution in [1.29, 1.82) is 0 Å². The molecule has 0 amide bonds. The van der Waals surface area contributed by atoms with E-state index < -0.39 is 0 Å². The van der Waals surface area contributed by atoms with Crippen molar-refractivity contribution in [3.05, 3.63) is 34.4 Å². The molecule has 0 aliphatic rings. The average molecular weight is 250 g/mol. The van der Waals surface area contributed by atoms with Crippen LogP contribution >= 0.6 is 0 Å². The monoisotopic (exact) mass is 250 g/mol. The Morgan fingerprint density at radius 2 is 1.72 bits per heavy atom. The van der Waals surface area contributed by atoms with Gasteiger partial charge in [-0.3, -0.25) is 0 Å². The van der Waals surface area contributed by atoms with Crippen LogP contribution in [0.15, 0.2) is 12.1 Å². The van der Waals surface area contributed by atoms with E-state index in [1.54, 1.807) is 0 Å². The predicted octanol–water partition coefficient (Wildman–Crippen LogP) is 1.80. The Balaban J connectivity index is 2.78. The van der Waals surface area contributed by atoms with E-state index in [-0.39, 0.29) is 12.6 Å². The number of nitrogens with zero attached hydrogens (tertiary/aromatic N) is 1. The second kappa shape index (κ2) is 6.88. The Morgan fingerprint density at radius 1 is 1.11 bits per heavy atom. The first-order valence-electron chi connectivity index (χ1n) is 6.52. The lowest BCUT2D eigenvalue weighted by Gasteiger charge is -2.21. The summed E-state index contributed by atoms with van der Waals surface area (Å²) in [5.41, 5.74) is 5.04. The standard InChI is InChI=1S/C15H26N2O/c1-11-8-13(3)14(9-12(11)2)15(10-18)16-6-7-17(4)5/h8-9,15-16,18H,6-7,10H2,1-5H3. The first-order valence-corrected chi connectivity index (χ1v) is 6.52. The van der Waals surface area contributed by atoms with Crippen LogP contribution in [0.2, 0.25) is 0 Å². The molecule has 0 radical (unpaired) electrons. The van der Waals surface area contributed by atoms with Gasteiger partial charge in [0.25, 0.3) is 0 Å². The number of rotatable bonds is 6. The van der Waals surface area contributed by atoms with Crippen LogP contribution in [0.5, 0.6) is 0 Å². The maximum Gasteiger partial charge on any atom is 0.0626 e. The van der Waals surface area contributed by atoms with Gasteiger partial charge in [-0.2, -0.15) is 0 Å². The van der Waals surface area contributed by atoms with E-state index in [1.165, 1.54) is 22.3 Å². The van der Waals surface area contributed by atoms with Gasteiger partial charge < -0.3 is 15.3 Å². The lowest BCUT2D eigenvalue weighted by Crippen LogP contribution is -2.32. The van der Waals surface area contributed by atoms with Gasteiger partial charge in [-0.1, -0.05) is 12.1 Å². The van der Waals surface area contributed by atoms with Crippen molar-refractivity contribution in [2.24, 2.45) is 0 Å². The van der Waals surface area contributed by atoms with E-state index in [0.717, 1.165) is 13.1 Å². The Morgan fingerprint density at radius 3 is 2.28 bits per heavy atom. The van der Waals surface area contributed by atoms with Gasteiger partial charge in [-0.15, -0.1) is 0 Å². The normalized spacial score (nSPS) is 13.1. The summed E-state index contributed by atoms with van der Waals surface area (Å²) in [5.74, 6) is 0. The molecule has 102 valence electrons. The highest BCUT2D eigenvalue weighted by Crippen LogP contribution is 2.21. The van der Waals surface area contributed by atoms with Gasteiger partial charge in [0.2, 0.25) is 0 Å². The zero-order chi connectivity index (χ0) is 13.7. The molecule has 2 N–H and O–H groups in total. The predicted molar refractivity (Wildman–Crippen MR) is 77.0 cm³/mol. The summed E-state index contributed by atoms with van der Waals surface area (Å²) >= 11 is 0. The van der Waals surface area contributed by atoms with E-state index in [1.807, 2.05) is 0 Å². The Labute approximate surface area is 111 Å². The molecule has 0 saturated carbocycles. The third kappa shape index (κ3) is 4.09. The van der Waals surface area contributed by atoms with Crippen molar-refractivity contribution < 1.29 is 5.11 Å². The highest BCUT2D eigenvalue weighted by Gasteiger charge is 2.13. The van der Waals surface area contributed by atoms with E-state index in [4.69, 9.17) is 0 Å². The molecule has 1 aromatic rings. The third-order valence-electron chi connectivity index (χ3n) is 3.39. The van der Waals surface area contributed by atoms with Crippen LogP contribution in [-0.2, 0) is 0 Å². The van der Waals surface area contributed by atoms with Gasteiger partial charge in [-0.05, 0) is 57.1 Å². The zero-order valence-corrected chi connectivity index (χ0v) is 12.2. The molecule has 1 rings (SSSR count). The summed E-state index contributed by atoms with van der Waals surface area (Å²) < 4.78 is 0. The number of nitrogens with one attached hydrogen (secondary N) is 1. The van der Waals surface area contributed by atoms with Crippen molar-refractivity contribution >= 4 is 0 Å². The lowest BCUT2D eigenvalue weighted by atomic mass is 9.96. The smallest absolute Gasteiger partial charge is 0.0626 e. The number of aryl methyl sites for hydroxylation is 3. The van der Waals surface area contributed by atoms with Gasteiger partial charge in [0, 0.05) is 13.1 Å². The van der Waals surface area contributed by atoms with Crippen LogP contribution in [-0.4, -0.2) is 43.8 Å². The Hall–Kier alpha value is -0.900. The fourth-order valence-corrected chi connectivity index (χ4v) is 2.09. The molecule has 18 heavy (non-hydrogen) atoms. The molecule has 0 spiro atoms. The molecular weight excluding hydrogens is 224 g/mol. The number of benzene rings is 1. The summed E-state index contributed by atoms with van der Waals surface area (Å²) in [5, 5.41) is 13.0. The molecule has 3 heteroatoms. The molecule has 0 heterocycles. The second-order valence-electron chi connectivity index (χ2n) is 5.29. The van der Waals surface area contributed by atoms with E-state index >= 15 is 0 Å². The van der Waals surface area contributed by atoms with Crippen LogP contribution in [0.3, 0.4) is 0 Å². The minimum atomic E-state index is 0.0317. The molecule has 1 aromatic carbocycles. The van der Waals surface area contributed by atoms with E-state index in [2.05, 4.69) is 57.2 Å². The molecule has 0 saturated heterocycles. The van der Waals surface area contributed by atoms with Crippen LogP contribution in [0.4, 0.5) is 0 Å². The van der Waals surface area contributed by atoms with Crippen LogP contribution in [0, 0.1) is 20.8 Å². The van der Waals surface area contributed by atoms with E-state index in [0.29, 0.717) is 0 Å². The zero-order valence-electron chi connectivity index (χ0n) is 12.2. The van der Waals surface area contributed by atoms with Crippen molar-refractivity contribution in [3.63, 3.8) is 0 Å². The molecule has 0 aromatic heterocycles. The maximum absolute atomic E-state index is 9.55. The molecule has 0 aliphatic carbocycles. The van der Waals surface area contributed by atoms with Crippen molar-refractivity contribution in [2.45, 2.75) is 26.8 Å². The fourth-order valence-electron chi connectivity index (χ4n) is 2.09. The largest absolute Gasteiger partial charge is 0.394 e. The quantitative estimate of drug-likeness (QED) is 0.808. The maximum atomic E-state index is 9.55. The minimum Gasteiger partial charge on any atom is -0.394 e. The summed E-state index contributed by atoms with van der Waals surface area (Å²) in [7, 11) is 4.10. The molecular formula is C15H26N2O. The molecule has 0 bridgehead atoms. The van der Waals surface area contributed by atoms with Gasteiger partial charge in [0.1, 0.15) is 0 Å². The number of aliphatic hydroxyl groups excluding tert-OH is 1. The Bertz CT molecular complexity index is 388.